The lowest BCUT2D eigenvalue weighted by atomic mass is 9.89. The van der Waals surface area contributed by atoms with E-state index in [1.165, 1.54) is 0 Å². The summed E-state index contributed by atoms with van der Waals surface area (Å²) >= 11 is 0. The molecule has 0 saturated heterocycles. The van der Waals surface area contributed by atoms with Gasteiger partial charge in [-0.25, -0.2) is 0 Å². The smallest absolute Gasteiger partial charge is 0.224 e. The zero-order valence-corrected chi connectivity index (χ0v) is 15.4. The molecule has 2 aromatic carbocycles. The molecule has 1 aliphatic rings. The van der Waals surface area contributed by atoms with Crippen molar-refractivity contribution in [3.63, 3.8) is 0 Å². The van der Waals surface area contributed by atoms with Gasteiger partial charge in [-0.3, -0.25) is 4.79 Å². The molecule has 6 heteroatoms. The minimum Gasteiger partial charge on any atom is -0.493 e. The lowest BCUT2D eigenvalue weighted by molar-refractivity contribution is -0.121. The molecule has 0 radical (unpaired) electrons. The molecule has 0 saturated carbocycles. The summed E-state index contributed by atoms with van der Waals surface area (Å²) in [5.41, 5.74) is 3.03. The number of nitrogens with one attached hydrogen (secondary N) is 1. The van der Waals surface area contributed by atoms with Gasteiger partial charge >= 0.3 is 0 Å². The van der Waals surface area contributed by atoms with Crippen molar-refractivity contribution in [1.29, 1.82) is 0 Å². The van der Waals surface area contributed by atoms with E-state index in [1.54, 1.807) is 28.4 Å². The van der Waals surface area contributed by atoms with Crippen molar-refractivity contribution in [2.24, 2.45) is 0 Å². The molecule has 0 unspecified atom stereocenters. The molecular weight excluding hydrogens is 334 g/mol. The minimum absolute atomic E-state index is 0.00445. The SMILES string of the molecule is COc1ccc(C[C@@H]2NC(=O)Cc3cc(OC)c(OC)cc32)cc1OC. The Bertz CT molecular complexity index is 818. The standard InChI is InChI=1S/C20H23NO5/c1-23-16-6-5-12(8-17(16)24-2)7-15-14-11-19(26-4)18(25-3)9-13(14)10-20(22)21-15/h5-6,8-9,11,15H,7,10H2,1-4H3,(H,21,22)/t15-/m0/s1. The molecule has 1 aliphatic heterocycles. The fourth-order valence-corrected chi connectivity index (χ4v) is 3.31. The highest BCUT2D eigenvalue weighted by atomic mass is 16.5. The quantitative estimate of drug-likeness (QED) is 0.861. The van der Waals surface area contributed by atoms with E-state index in [0.29, 0.717) is 35.8 Å². The van der Waals surface area contributed by atoms with Crippen molar-refractivity contribution in [2.75, 3.05) is 28.4 Å². The maximum absolute atomic E-state index is 12.2. The van der Waals surface area contributed by atoms with Crippen molar-refractivity contribution in [2.45, 2.75) is 18.9 Å². The van der Waals surface area contributed by atoms with E-state index in [-0.39, 0.29) is 11.9 Å². The van der Waals surface area contributed by atoms with Crippen LogP contribution in [0.1, 0.15) is 22.7 Å². The van der Waals surface area contributed by atoms with Crippen molar-refractivity contribution in [3.05, 3.63) is 47.0 Å². The summed E-state index contributed by atoms with van der Waals surface area (Å²) in [6, 6.07) is 9.45. The Balaban J connectivity index is 1.96. The lowest BCUT2D eigenvalue weighted by Gasteiger charge is -2.28. The van der Waals surface area contributed by atoms with Gasteiger partial charge in [0.05, 0.1) is 40.9 Å². The van der Waals surface area contributed by atoms with E-state index in [9.17, 15) is 4.79 Å². The number of fused-ring (bicyclic) bond motifs is 1. The predicted octanol–water partition coefficient (Wildman–Crippen LogP) is 2.68. The number of rotatable bonds is 6. The molecule has 138 valence electrons. The lowest BCUT2D eigenvalue weighted by Crippen LogP contribution is -2.36. The molecule has 0 spiro atoms. The van der Waals surface area contributed by atoms with E-state index in [2.05, 4.69) is 5.32 Å². The second-order valence-corrected chi connectivity index (χ2v) is 6.10. The van der Waals surface area contributed by atoms with Crippen molar-refractivity contribution >= 4 is 5.91 Å². The van der Waals surface area contributed by atoms with Crippen molar-refractivity contribution < 1.29 is 23.7 Å². The Morgan fingerprint density at radius 1 is 0.885 bits per heavy atom. The fraction of sp³-hybridized carbons (Fsp3) is 0.350. The summed E-state index contributed by atoms with van der Waals surface area (Å²) in [6.07, 6.45) is 0.965. The zero-order valence-electron chi connectivity index (χ0n) is 15.4. The van der Waals surface area contributed by atoms with Gasteiger partial charge in [0.2, 0.25) is 5.91 Å². The number of methoxy groups -OCH3 is 4. The maximum atomic E-state index is 12.2. The van der Waals surface area contributed by atoms with Gasteiger partial charge in [-0.15, -0.1) is 0 Å². The molecule has 6 nitrogen and oxygen atoms in total. The van der Waals surface area contributed by atoms with Crippen LogP contribution in [0.4, 0.5) is 0 Å². The second kappa shape index (κ2) is 7.56. The summed E-state index contributed by atoms with van der Waals surface area (Å²) in [5, 5.41) is 3.07. The highest BCUT2D eigenvalue weighted by Crippen LogP contribution is 2.37. The summed E-state index contributed by atoms with van der Waals surface area (Å²) in [6.45, 7) is 0. The van der Waals surface area contributed by atoms with E-state index in [4.69, 9.17) is 18.9 Å². The largest absolute Gasteiger partial charge is 0.493 e. The van der Waals surface area contributed by atoms with Crippen LogP contribution in [0.2, 0.25) is 0 Å². The Labute approximate surface area is 153 Å². The van der Waals surface area contributed by atoms with Gasteiger partial charge in [0, 0.05) is 0 Å². The topological polar surface area (TPSA) is 66.0 Å². The zero-order chi connectivity index (χ0) is 18.7. The van der Waals surface area contributed by atoms with Crippen LogP contribution in [-0.4, -0.2) is 34.3 Å². The first-order valence-electron chi connectivity index (χ1n) is 8.34. The molecule has 3 rings (SSSR count). The molecule has 1 atom stereocenters. The monoisotopic (exact) mass is 357 g/mol. The van der Waals surface area contributed by atoms with Gasteiger partial charge < -0.3 is 24.3 Å². The van der Waals surface area contributed by atoms with Gasteiger partial charge in [-0.2, -0.15) is 0 Å². The Kier molecular flexibility index (Phi) is 5.21. The molecular formula is C20H23NO5. The average molecular weight is 357 g/mol. The van der Waals surface area contributed by atoms with Gasteiger partial charge in [0.1, 0.15) is 0 Å². The number of hydrogen-bond acceptors (Lipinski definition) is 5. The number of carbonyl (C=O) groups is 1. The van der Waals surface area contributed by atoms with Crippen molar-refractivity contribution in [1.82, 2.24) is 5.32 Å². The summed E-state index contributed by atoms with van der Waals surface area (Å²) < 4.78 is 21.4. The first kappa shape index (κ1) is 17.9. The highest BCUT2D eigenvalue weighted by Gasteiger charge is 2.27. The van der Waals surface area contributed by atoms with Crippen LogP contribution in [0.15, 0.2) is 30.3 Å². The number of amides is 1. The van der Waals surface area contributed by atoms with Crippen LogP contribution < -0.4 is 24.3 Å². The normalized spacial score (nSPS) is 15.7. The van der Waals surface area contributed by atoms with Gasteiger partial charge in [0.15, 0.2) is 23.0 Å². The predicted molar refractivity (Wildman–Crippen MR) is 97.4 cm³/mol. The molecule has 0 bridgehead atoms. The fourth-order valence-electron chi connectivity index (χ4n) is 3.31. The maximum Gasteiger partial charge on any atom is 0.224 e. The summed E-state index contributed by atoms with van der Waals surface area (Å²) in [5.74, 6) is 2.62. The third kappa shape index (κ3) is 3.40. The van der Waals surface area contributed by atoms with Crippen LogP contribution in [0.5, 0.6) is 23.0 Å². The van der Waals surface area contributed by atoms with Crippen LogP contribution in [0.25, 0.3) is 0 Å². The molecule has 1 heterocycles. The minimum atomic E-state index is -0.149. The Hall–Kier alpha value is -2.89. The first-order valence-corrected chi connectivity index (χ1v) is 8.34. The summed E-state index contributed by atoms with van der Waals surface area (Å²) in [4.78, 5) is 12.2. The van der Waals surface area contributed by atoms with E-state index in [0.717, 1.165) is 16.7 Å². The molecule has 1 amide bonds. The molecule has 0 aromatic heterocycles. The summed E-state index contributed by atoms with van der Waals surface area (Å²) in [7, 11) is 6.41. The number of benzene rings is 2. The van der Waals surface area contributed by atoms with Crippen LogP contribution in [0.3, 0.4) is 0 Å². The number of hydrogen-bond donors (Lipinski definition) is 1. The first-order chi connectivity index (χ1) is 12.6. The molecule has 26 heavy (non-hydrogen) atoms. The highest BCUT2D eigenvalue weighted by molar-refractivity contribution is 5.82. The van der Waals surface area contributed by atoms with E-state index < -0.39 is 0 Å². The second-order valence-electron chi connectivity index (χ2n) is 6.10. The number of carbonyl (C=O) groups excluding carboxylic acids is 1. The van der Waals surface area contributed by atoms with Gasteiger partial charge in [0.25, 0.3) is 0 Å². The van der Waals surface area contributed by atoms with Gasteiger partial charge in [-0.1, -0.05) is 6.07 Å². The van der Waals surface area contributed by atoms with Crippen molar-refractivity contribution in [3.8, 4) is 23.0 Å². The number of ether oxygens (including phenoxy) is 4. The van der Waals surface area contributed by atoms with Crippen LogP contribution in [0, 0.1) is 0 Å². The molecule has 0 aliphatic carbocycles. The third-order valence-corrected chi connectivity index (χ3v) is 4.59. The van der Waals surface area contributed by atoms with Gasteiger partial charge in [-0.05, 0) is 47.4 Å². The van der Waals surface area contributed by atoms with Crippen LogP contribution in [-0.2, 0) is 17.6 Å². The Morgan fingerprint density at radius 2 is 1.50 bits per heavy atom. The molecule has 0 fully saturated rings. The van der Waals surface area contributed by atoms with Crippen LogP contribution >= 0.6 is 0 Å². The third-order valence-electron chi connectivity index (χ3n) is 4.59. The molecule has 1 N–H and O–H groups in total. The van der Waals surface area contributed by atoms with E-state index in [1.807, 2.05) is 30.3 Å². The van der Waals surface area contributed by atoms with E-state index >= 15 is 0 Å². The Morgan fingerprint density at radius 3 is 2.15 bits per heavy atom. The molecule has 2 aromatic rings. The average Bonchev–Trinajstić information content (AvgIpc) is 2.66.